The zero-order valence-electron chi connectivity index (χ0n) is 19.0. The summed E-state index contributed by atoms with van der Waals surface area (Å²) in [5, 5.41) is 4.12. The van der Waals surface area contributed by atoms with Crippen LogP contribution >= 0.6 is 0 Å². The van der Waals surface area contributed by atoms with Gasteiger partial charge in [0.15, 0.2) is 0 Å². The molecule has 0 atom stereocenters. The van der Waals surface area contributed by atoms with E-state index < -0.39 is 0 Å². The van der Waals surface area contributed by atoms with Gasteiger partial charge in [0, 0.05) is 34.8 Å². The summed E-state index contributed by atoms with van der Waals surface area (Å²) >= 11 is 0. The Hall–Kier alpha value is -2.88. The van der Waals surface area contributed by atoms with Gasteiger partial charge in [-0.1, -0.05) is 37.7 Å². The first kappa shape index (κ1) is 20.4. The fourth-order valence-electron chi connectivity index (χ4n) is 4.48. The summed E-state index contributed by atoms with van der Waals surface area (Å²) in [6.45, 7) is 16.9. The van der Waals surface area contributed by atoms with Gasteiger partial charge in [0.1, 0.15) is 5.76 Å². The summed E-state index contributed by atoms with van der Waals surface area (Å²) in [4.78, 5) is 4.94. The summed E-state index contributed by atoms with van der Waals surface area (Å²) in [5.41, 5.74) is 10.2. The van der Waals surface area contributed by atoms with Crippen LogP contribution in [0, 0.1) is 19.3 Å². The number of allylic oxidation sites excluding steroid dienone is 5. The molecule has 0 saturated heterocycles. The van der Waals surface area contributed by atoms with Crippen molar-refractivity contribution in [2.24, 2.45) is 5.41 Å². The maximum Gasteiger partial charge on any atom is 0.141 e. The molecule has 3 aromatic heterocycles. The van der Waals surface area contributed by atoms with Crippen LogP contribution in [0.4, 0.5) is 0 Å². The lowest BCUT2D eigenvalue weighted by Gasteiger charge is -2.28. The van der Waals surface area contributed by atoms with Gasteiger partial charge in [-0.25, -0.2) is 0 Å². The Labute approximate surface area is 179 Å². The monoisotopic (exact) mass is 401 g/mol. The molecule has 0 aliphatic heterocycles. The first-order chi connectivity index (χ1) is 14.2. The number of nitrogens with zero attached hydrogens (tertiary/aromatic N) is 3. The fourth-order valence-corrected chi connectivity index (χ4v) is 4.48. The lowest BCUT2D eigenvalue weighted by Crippen LogP contribution is -2.14. The van der Waals surface area contributed by atoms with Crippen LogP contribution in [0.25, 0.3) is 33.4 Å². The van der Waals surface area contributed by atoms with Crippen molar-refractivity contribution in [3.8, 4) is 11.1 Å². The Bertz CT molecular complexity index is 1180. The van der Waals surface area contributed by atoms with Gasteiger partial charge in [0.05, 0.1) is 16.7 Å². The number of hydrogen-bond donors (Lipinski definition) is 0. The van der Waals surface area contributed by atoms with Crippen molar-refractivity contribution >= 4 is 22.3 Å². The van der Waals surface area contributed by atoms with Crippen molar-refractivity contribution in [3.05, 3.63) is 59.8 Å². The molecule has 1 aliphatic rings. The molecule has 1 aliphatic carbocycles. The van der Waals surface area contributed by atoms with Crippen LogP contribution in [0.15, 0.2) is 47.3 Å². The maximum absolute atomic E-state index is 5.40. The Morgan fingerprint density at radius 1 is 1.30 bits per heavy atom. The smallest absolute Gasteiger partial charge is 0.141 e. The molecule has 0 bridgehead atoms. The molecule has 0 aromatic carbocycles. The molecular formula is C26H31N3O. The van der Waals surface area contributed by atoms with Crippen molar-refractivity contribution in [2.75, 3.05) is 0 Å². The van der Waals surface area contributed by atoms with Crippen LogP contribution < -0.4 is 0 Å². The number of rotatable bonds is 4. The molecule has 156 valence electrons. The number of pyridine rings is 1. The Kier molecular flexibility index (Phi) is 5.05. The van der Waals surface area contributed by atoms with E-state index >= 15 is 0 Å². The quantitative estimate of drug-likeness (QED) is 0.430. The molecule has 0 unspecified atom stereocenters. The molecule has 0 N–H and O–H groups in total. The van der Waals surface area contributed by atoms with E-state index in [9.17, 15) is 0 Å². The van der Waals surface area contributed by atoms with Crippen molar-refractivity contribution in [2.45, 2.75) is 60.8 Å². The van der Waals surface area contributed by atoms with Crippen molar-refractivity contribution in [3.63, 3.8) is 0 Å². The minimum atomic E-state index is 0.373. The lowest BCUT2D eigenvalue weighted by atomic mass is 9.77. The van der Waals surface area contributed by atoms with Crippen LogP contribution in [-0.2, 0) is 0 Å². The molecular weight excluding hydrogens is 370 g/mol. The predicted octanol–water partition coefficient (Wildman–Crippen LogP) is 7.34. The molecule has 3 aromatic rings. The Morgan fingerprint density at radius 3 is 2.63 bits per heavy atom. The van der Waals surface area contributed by atoms with E-state index in [1.165, 1.54) is 17.6 Å². The van der Waals surface area contributed by atoms with Crippen LogP contribution in [0.3, 0.4) is 0 Å². The van der Waals surface area contributed by atoms with Crippen molar-refractivity contribution < 1.29 is 4.52 Å². The number of fused-ring (bicyclic) bond motifs is 1. The third kappa shape index (κ3) is 3.45. The van der Waals surface area contributed by atoms with E-state index in [2.05, 4.69) is 68.4 Å². The Balaban J connectivity index is 1.95. The molecule has 0 amide bonds. The van der Waals surface area contributed by atoms with E-state index in [4.69, 9.17) is 9.51 Å². The van der Waals surface area contributed by atoms with E-state index in [1.807, 2.05) is 20.0 Å². The van der Waals surface area contributed by atoms with Crippen molar-refractivity contribution in [1.82, 2.24) is 14.7 Å². The second-order valence-corrected chi connectivity index (χ2v) is 9.26. The van der Waals surface area contributed by atoms with Gasteiger partial charge in [-0.15, -0.1) is 0 Å². The van der Waals surface area contributed by atoms with Crippen LogP contribution in [0.2, 0.25) is 0 Å². The molecule has 3 heterocycles. The van der Waals surface area contributed by atoms with Gasteiger partial charge in [-0.05, 0) is 69.6 Å². The van der Waals surface area contributed by atoms with Gasteiger partial charge < -0.3 is 9.09 Å². The number of aromatic nitrogens is 3. The average molecular weight is 402 g/mol. The number of hydrogen-bond acceptors (Lipinski definition) is 3. The zero-order chi connectivity index (χ0) is 21.6. The van der Waals surface area contributed by atoms with Gasteiger partial charge in [-0.2, -0.15) is 0 Å². The van der Waals surface area contributed by atoms with Gasteiger partial charge in [-0.3, -0.25) is 4.98 Å². The van der Waals surface area contributed by atoms with Crippen LogP contribution in [0.1, 0.15) is 64.0 Å². The van der Waals surface area contributed by atoms with E-state index in [-0.39, 0.29) is 0 Å². The normalized spacial score (nSPS) is 16.7. The second-order valence-electron chi connectivity index (χ2n) is 9.26. The summed E-state index contributed by atoms with van der Waals surface area (Å²) in [6.07, 6.45) is 12.1. The highest BCUT2D eigenvalue weighted by Crippen LogP contribution is 2.41. The number of aryl methyl sites for hydroxylation is 2. The highest BCUT2D eigenvalue weighted by atomic mass is 16.5. The van der Waals surface area contributed by atoms with Gasteiger partial charge in [0.2, 0.25) is 0 Å². The van der Waals surface area contributed by atoms with E-state index in [1.54, 1.807) is 0 Å². The molecule has 0 radical (unpaired) electrons. The van der Waals surface area contributed by atoms with Crippen LogP contribution in [0.5, 0.6) is 0 Å². The molecule has 4 rings (SSSR count). The first-order valence-electron chi connectivity index (χ1n) is 10.7. The molecule has 4 heteroatoms. The predicted molar refractivity (Wildman–Crippen MR) is 125 cm³/mol. The van der Waals surface area contributed by atoms with Crippen molar-refractivity contribution in [1.29, 1.82) is 0 Å². The molecule has 0 saturated carbocycles. The SMILES string of the molecule is C=C(C)/C(=C/C)n1cc(C2=CCC(C)(C)CC2)c2ncc(-c3c(C)noc3C)cc21. The van der Waals surface area contributed by atoms with E-state index in [0.717, 1.165) is 57.7 Å². The molecule has 0 fully saturated rings. The van der Waals surface area contributed by atoms with Gasteiger partial charge in [0.25, 0.3) is 0 Å². The highest BCUT2D eigenvalue weighted by molar-refractivity contribution is 5.95. The summed E-state index contributed by atoms with van der Waals surface area (Å²) in [6, 6.07) is 2.21. The maximum atomic E-state index is 5.40. The standard InChI is InChI=1S/C26H31N3O/c1-8-22(16(2)3)29-15-21(19-9-11-26(6,7)12-10-19)25-23(29)13-20(14-27-25)24-17(4)28-30-18(24)5/h8-9,13-15H,2,10-12H2,1,3-7H3/b22-8-. The van der Waals surface area contributed by atoms with E-state index in [0.29, 0.717) is 5.41 Å². The fraction of sp³-hybridized carbons (Fsp3) is 0.385. The summed E-state index contributed by atoms with van der Waals surface area (Å²) in [7, 11) is 0. The minimum absolute atomic E-state index is 0.373. The first-order valence-corrected chi connectivity index (χ1v) is 10.7. The molecule has 4 nitrogen and oxygen atoms in total. The third-order valence-electron chi connectivity index (χ3n) is 6.25. The second kappa shape index (κ2) is 7.42. The minimum Gasteiger partial charge on any atom is -0.361 e. The lowest BCUT2D eigenvalue weighted by molar-refractivity contribution is 0.335. The largest absolute Gasteiger partial charge is 0.361 e. The third-order valence-corrected chi connectivity index (χ3v) is 6.25. The topological polar surface area (TPSA) is 43.9 Å². The van der Waals surface area contributed by atoms with Gasteiger partial charge >= 0.3 is 0 Å². The zero-order valence-corrected chi connectivity index (χ0v) is 19.0. The Morgan fingerprint density at radius 2 is 2.07 bits per heavy atom. The molecule has 0 spiro atoms. The summed E-state index contributed by atoms with van der Waals surface area (Å²) in [5.74, 6) is 0.815. The van der Waals surface area contributed by atoms with Crippen LogP contribution in [-0.4, -0.2) is 14.7 Å². The molecule has 30 heavy (non-hydrogen) atoms. The summed E-state index contributed by atoms with van der Waals surface area (Å²) < 4.78 is 7.64. The highest BCUT2D eigenvalue weighted by Gasteiger charge is 2.25. The average Bonchev–Trinajstić information content (AvgIpc) is 3.22.